The van der Waals surface area contributed by atoms with E-state index in [1.165, 1.54) is 12.3 Å². The van der Waals surface area contributed by atoms with Crippen molar-refractivity contribution in [3.8, 4) is 5.75 Å². The quantitative estimate of drug-likeness (QED) is 0.446. The summed E-state index contributed by atoms with van der Waals surface area (Å²) in [5.41, 5.74) is 4.16. The van der Waals surface area contributed by atoms with Crippen LogP contribution in [0.1, 0.15) is 16.0 Å². The first kappa shape index (κ1) is 18.1. The highest BCUT2D eigenvalue weighted by Crippen LogP contribution is 2.27. The third kappa shape index (κ3) is 4.87. The van der Waals surface area contributed by atoms with Crippen LogP contribution in [0.2, 0.25) is 0 Å². The topological polar surface area (TPSA) is 93.8 Å². The van der Waals surface area contributed by atoms with E-state index in [2.05, 4.69) is 26.5 Å². The number of ether oxygens (including phenoxy) is 1. The first-order chi connectivity index (χ1) is 11.4. The Hall–Kier alpha value is -2.26. The van der Waals surface area contributed by atoms with E-state index in [-0.39, 0.29) is 11.6 Å². The zero-order valence-corrected chi connectivity index (χ0v) is 15.3. The summed E-state index contributed by atoms with van der Waals surface area (Å²) in [6, 6.07) is 6.75. The molecule has 126 valence electrons. The Balaban J connectivity index is 1.87. The van der Waals surface area contributed by atoms with Crippen LogP contribution in [-0.4, -0.2) is 23.7 Å². The number of carbonyl (C=O) groups is 1. The lowest BCUT2D eigenvalue weighted by atomic mass is 10.1. The van der Waals surface area contributed by atoms with Crippen LogP contribution >= 0.6 is 27.3 Å². The molecule has 9 heteroatoms. The van der Waals surface area contributed by atoms with Crippen molar-refractivity contribution in [2.45, 2.75) is 13.8 Å². The second-order valence-corrected chi connectivity index (χ2v) is 6.89. The number of aryl methyl sites for hydroxylation is 2. The van der Waals surface area contributed by atoms with Crippen LogP contribution in [0, 0.1) is 24.0 Å². The van der Waals surface area contributed by atoms with Gasteiger partial charge in [0.2, 0.25) is 0 Å². The molecular weight excluding hydrogens is 398 g/mol. The predicted octanol–water partition coefficient (Wildman–Crippen LogP) is 3.56. The summed E-state index contributed by atoms with van der Waals surface area (Å²) in [5.74, 6) is 0.241. The number of nitro groups is 1. The fourth-order valence-electron chi connectivity index (χ4n) is 1.97. The number of nitrogens with one attached hydrogen (secondary N) is 1. The largest absolute Gasteiger partial charge is 0.483 e. The minimum absolute atomic E-state index is 0.0206. The lowest BCUT2D eigenvalue weighted by Gasteiger charge is -2.11. The van der Waals surface area contributed by atoms with Gasteiger partial charge < -0.3 is 4.74 Å². The molecule has 0 saturated carbocycles. The summed E-state index contributed by atoms with van der Waals surface area (Å²) in [7, 11) is 0. The van der Waals surface area contributed by atoms with Crippen molar-refractivity contribution < 1.29 is 14.5 Å². The number of carbonyl (C=O) groups excluding carboxylic acids is 1. The van der Waals surface area contributed by atoms with Gasteiger partial charge in [0.25, 0.3) is 5.91 Å². The highest BCUT2D eigenvalue weighted by Gasteiger charge is 2.09. The number of hydrogen-bond acceptors (Lipinski definition) is 6. The summed E-state index contributed by atoms with van der Waals surface area (Å²) < 4.78 is 6.48. The van der Waals surface area contributed by atoms with Gasteiger partial charge in [0.15, 0.2) is 6.61 Å². The molecule has 0 spiro atoms. The van der Waals surface area contributed by atoms with Crippen LogP contribution in [-0.2, 0) is 4.79 Å². The molecule has 2 aromatic rings. The molecular formula is C15H14BrN3O4S. The highest BCUT2D eigenvalue weighted by atomic mass is 79.9. The number of nitrogens with zero attached hydrogens (tertiary/aromatic N) is 2. The fraction of sp³-hybridized carbons (Fsp3) is 0.200. The highest BCUT2D eigenvalue weighted by molar-refractivity contribution is 9.10. The van der Waals surface area contributed by atoms with Crippen molar-refractivity contribution in [1.29, 1.82) is 0 Å². The van der Waals surface area contributed by atoms with Gasteiger partial charge in [-0.1, -0.05) is 27.3 Å². The summed E-state index contributed by atoms with van der Waals surface area (Å²) >= 11 is 4.37. The van der Waals surface area contributed by atoms with Gasteiger partial charge in [-0.2, -0.15) is 5.10 Å². The number of hydrazone groups is 1. The predicted molar refractivity (Wildman–Crippen MR) is 95.8 cm³/mol. The number of amides is 1. The van der Waals surface area contributed by atoms with E-state index < -0.39 is 10.8 Å². The van der Waals surface area contributed by atoms with Crippen LogP contribution in [0.3, 0.4) is 0 Å². The summed E-state index contributed by atoms with van der Waals surface area (Å²) in [4.78, 5) is 22.4. The Morgan fingerprint density at radius 2 is 2.08 bits per heavy atom. The molecule has 0 fully saturated rings. The Morgan fingerprint density at radius 1 is 1.42 bits per heavy atom. The minimum atomic E-state index is -0.475. The Labute approximate surface area is 150 Å². The normalized spacial score (nSPS) is 10.8. The maximum Gasteiger partial charge on any atom is 0.324 e. The van der Waals surface area contributed by atoms with Crippen molar-refractivity contribution in [3.05, 3.63) is 54.9 Å². The van der Waals surface area contributed by atoms with Gasteiger partial charge in [-0.15, -0.1) is 0 Å². The van der Waals surface area contributed by atoms with E-state index in [0.717, 1.165) is 26.9 Å². The SMILES string of the molecule is Cc1cc(Br)cc(C)c1OCC(=O)NN=Cc1ccc([N+](=O)[O-])s1. The minimum Gasteiger partial charge on any atom is -0.483 e. The summed E-state index contributed by atoms with van der Waals surface area (Å²) in [6.07, 6.45) is 1.35. The van der Waals surface area contributed by atoms with Crippen molar-refractivity contribution in [2.24, 2.45) is 5.10 Å². The lowest BCUT2D eigenvalue weighted by Crippen LogP contribution is -2.24. The Kier molecular flexibility index (Phi) is 6.04. The molecule has 1 N–H and O–H groups in total. The van der Waals surface area contributed by atoms with Gasteiger partial charge in [0, 0.05) is 10.5 Å². The first-order valence-corrected chi connectivity index (χ1v) is 8.43. The van der Waals surface area contributed by atoms with Crippen LogP contribution < -0.4 is 10.2 Å². The molecule has 24 heavy (non-hydrogen) atoms. The van der Waals surface area contributed by atoms with Crippen molar-refractivity contribution in [2.75, 3.05) is 6.61 Å². The maximum atomic E-state index is 11.7. The zero-order chi connectivity index (χ0) is 17.7. The average Bonchev–Trinajstić information content (AvgIpc) is 2.95. The third-order valence-electron chi connectivity index (χ3n) is 2.95. The standard InChI is InChI=1S/C15H14BrN3O4S/c1-9-5-11(16)6-10(2)15(9)23-8-13(20)18-17-7-12-3-4-14(24-12)19(21)22/h3-7H,8H2,1-2H3,(H,18,20). The first-order valence-electron chi connectivity index (χ1n) is 6.82. The van der Waals surface area contributed by atoms with Crippen molar-refractivity contribution in [3.63, 3.8) is 0 Å². The molecule has 0 aliphatic carbocycles. The molecule has 0 atom stereocenters. The maximum absolute atomic E-state index is 11.7. The number of hydrogen-bond donors (Lipinski definition) is 1. The van der Waals surface area contributed by atoms with E-state index in [1.807, 2.05) is 26.0 Å². The lowest BCUT2D eigenvalue weighted by molar-refractivity contribution is -0.380. The molecule has 0 saturated heterocycles. The van der Waals surface area contributed by atoms with Gasteiger partial charge in [-0.05, 0) is 43.2 Å². The van der Waals surface area contributed by atoms with E-state index in [9.17, 15) is 14.9 Å². The van der Waals surface area contributed by atoms with Crippen LogP contribution in [0.15, 0.2) is 33.8 Å². The molecule has 0 radical (unpaired) electrons. The fourth-order valence-corrected chi connectivity index (χ4v) is 3.35. The molecule has 1 amide bonds. The molecule has 1 heterocycles. The number of rotatable bonds is 6. The van der Waals surface area contributed by atoms with E-state index in [0.29, 0.717) is 10.6 Å². The smallest absolute Gasteiger partial charge is 0.324 e. The molecule has 0 aliphatic heterocycles. The molecule has 7 nitrogen and oxygen atoms in total. The van der Waals surface area contributed by atoms with Crippen molar-refractivity contribution in [1.82, 2.24) is 5.43 Å². The molecule has 1 aromatic heterocycles. The second-order valence-electron chi connectivity index (χ2n) is 4.88. The Bertz CT molecular complexity index is 781. The van der Waals surface area contributed by atoms with Crippen molar-refractivity contribution >= 4 is 44.4 Å². The molecule has 0 aliphatic rings. The van der Waals surface area contributed by atoms with Gasteiger partial charge >= 0.3 is 5.00 Å². The molecule has 1 aromatic carbocycles. The van der Waals surface area contributed by atoms with E-state index in [4.69, 9.17) is 4.74 Å². The summed E-state index contributed by atoms with van der Waals surface area (Å²) in [5, 5.41) is 14.4. The van der Waals surface area contributed by atoms with Gasteiger partial charge in [-0.25, -0.2) is 5.43 Å². The van der Waals surface area contributed by atoms with Gasteiger partial charge in [0.05, 0.1) is 16.0 Å². The monoisotopic (exact) mass is 411 g/mol. The molecule has 0 unspecified atom stereocenters. The molecule has 0 bridgehead atoms. The number of halogens is 1. The zero-order valence-electron chi connectivity index (χ0n) is 12.9. The number of benzene rings is 1. The molecule has 2 rings (SSSR count). The van der Waals surface area contributed by atoms with E-state index >= 15 is 0 Å². The number of thiophene rings is 1. The van der Waals surface area contributed by atoms with Gasteiger partial charge in [0.1, 0.15) is 5.75 Å². The third-order valence-corrected chi connectivity index (χ3v) is 4.38. The van der Waals surface area contributed by atoms with Crippen LogP contribution in [0.5, 0.6) is 5.75 Å². The van der Waals surface area contributed by atoms with Gasteiger partial charge in [-0.3, -0.25) is 14.9 Å². The average molecular weight is 412 g/mol. The van der Waals surface area contributed by atoms with Crippen LogP contribution in [0.4, 0.5) is 5.00 Å². The summed E-state index contributed by atoms with van der Waals surface area (Å²) in [6.45, 7) is 3.62. The van der Waals surface area contributed by atoms with Crippen LogP contribution in [0.25, 0.3) is 0 Å². The second kappa shape index (κ2) is 8.02. The van der Waals surface area contributed by atoms with E-state index in [1.54, 1.807) is 6.07 Å². The Morgan fingerprint density at radius 3 is 2.67 bits per heavy atom.